The number of nitrogens with zero attached hydrogens (tertiary/aromatic N) is 2. The van der Waals surface area contributed by atoms with Gasteiger partial charge in [0.05, 0.1) is 19.3 Å². The monoisotopic (exact) mass is 283 g/mol. The first-order chi connectivity index (χ1) is 10.3. The molecule has 1 saturated heterocycles. The second-order valence-corrected chi connectivity index (χ2v) is 5.39. The number of nitrogens with two attached hydrogens (primary N) is 1. The number of pyridine rings is 1. The molecular formula is C17H21N3O. The zero-order chi connectivity index (χ0) is 14.7. The zero-order valence-electron chi connectivity index (χ0n) is 12.3. The molecule has 4 heteroatoms. The summed E-state index contributed by atoms with van der Waals surface area (Å²) in [7, 11) is 0. The fourth-order valence-corrected chi connectivity index (χ4v) is 2.68. The largest absolute Gasteiger partial charge is 0.378 e. The summed E-state index contributed by atoms with van der Waals surface area (Å²) in [5.41, 5.74) is 9.75. The SMILES string of the molecule is Cc1cc(N2CCOCC2)ncc1C(N)c1ccccc1. The average Bonchev–Trinajstić information content (AvgIpc) is 2.56. The van der Waals surface area contributed by atoms with Gasteiger partial charge >= 0.3 is 0 Å². The van der Waals surface area contributed by atoms with Gasteiger partial charge in [-0.25, -0.2) is 4.98 Å². The van der Waals surface area contributed by atoms with E-state index in [9.17, 15) is 0 Å². The topological polar surface area (TPSA) is 51.4 Å². The van der Waals surface area contributed by atoms with Crippen molar-refractivity contribution in [1.29, 1.82) is 0 Å². The van der Waals surface area contributed by atoms with Crippen LogP contribution in [-0.4, -0.2) is 31.3 Å². The first-order valence-corrected chi connectivity index (χ1v) is 7.35. The number of benzene rings is 1. The van der Waals surface area contributed by atoms with E-state index < -0.39 is 0 Å². The lowest BCUT2D eigenvalue weighted by molar-refractivity contribution is 0.122. The Morgan fingerprint density at radius 1 is 1.19 bits per heavy atom. The Morgan fingerprint density at radius 3 is 2.57 bits per heavy atom. The fourth-order valence-electron chi connectivity index (χ4n) is 2.68. The van der Waals surface area contributed by atoms with Gasteiger partial charge in [-0.2, -0.15) is 0 Å². The Balaban J connectivity index is 1.84. The van der Waals surface area contributed by atoms with Crippen molar-refractivity contribution >= 4 is 5.82 Å². The van der Waals surface area contributed by atoms with Gasteiger partial charge in [-0.15, -0.1) is 0 Å². The Bertz CT molecular complexity index is 594. The summed E-state index contributed by atoms with van der Waals surface area (Å²) in [6.45, 7) is 5.44. The molecule has 110 valence electrons. The molecule has 0 aliphatic carbocycles. The van der Waals surface area contributed by atoms with Gasteiger partial charge in [0, 0.05) is 19.3 Å². The van der Waals surface area contributed by atoms with Gasteiger partial charge in [0.25, 0.3) is 0 Å². The van der Waals surface area contributed by atoms with Crippen molar-refractivity contribution in [2.75, 3.05) is 31.2 Å². The highest BCUT2D eigenvalue weighted by Crippen LogP contribution is 2.24. The first kappa shape index (κ1) is 14.0. The summed E-state index contributed by atoms with van der Waals surface area (Å²) in [5.74, 6) is 1.01. The maximum Gasteiger partial charge on any atom is 0.128 e. The minimum Gasteiger partial charge on any atom is -0.378 e. The molecule has 1 atom stereocenters. The lowest BCUT2D eigenvalue weighted by Crippen LogP contribution is -2.36. The lowest BCUT2D eigenvalue weighted by Gasteiger charge is -2.28. The summed E-state index contributed by atoms with van der Waals surface area (Å²) < 4.78 is 5.38. The molecule has 0 bridgehead atoms. The third kappa shape index (κ3) is 3.06. The fraction of sp³-hybridized carbons (Fsp3) is 0.353. The second kappa shape index (κ2) is 6.24. The molecular weight excluding hydrogens is 262 g/mol. The van der Waals surface area contributed by atoms with Gasteiger partial charge in [0.2, 0.25) is 0 Å². The molecule has 21 heavy (non-hydrogen) atoms. The molecule has 1 aliphatic rings. The highest BCUT2D eigenvalue weighted by atomic mass is 16.5. The normalized spacial score (nSPS) is 16.8. The molecule has 1 unspecified atom stereocenters. The Hall–Kier alpha value is -1.91. The molecule has 0 radical (unpaired) electrons. The van der Waals surface area contributed by atoms with E-state index in [4.69, 9.17) is 10.5 Å². The quantitative estimate of drug-likeness (QED) is 0.939. The van der Waals surface area contributed by atoms with Gasteiger partial charge in [-0.1, -0.05) is 30.3 Å². The Morgan fingerprint density at radius 2 is 1.90 bits per heavy atom. The molecule has 1 aromatic carbocycles. The van der Waals surface area contributed by atoms with Crippen LogP contribution < -0.4 is 10.6 Å². The second-order valence-electron chi connectivity index (χ2n) is 5.39. The van der Waals surface area contributed by atoms with Crippen LogP contribution in [0.25, 0.3) is 0 Å². The highest BCUT2D eigenvalue weighted by molar-refractivity contribution is 5.46. The maximum atomic E-state index is 6.37. The van der Waals surface area contributed by atoms with Crippen molar-refractivity contribution < 1.29 is 4.74 Å². The predicted molar refractivity (Wildman–Crippen MR) is 84.5 cm³/mol. The number of rotatable bonds is 3. The molecule has 2 N–H and O–H groups in total. The number of hydrogen-bond acceptors (Lipinski definition) is 4. The Labute approximate surface area is 125 Å². The van der Waals surface area contributed by atoms with Crippen molar-refractivity contribution in [3.8, 4) is 0 Å². The summed E-state index contributed by atoms with van der Waals surface area (Å²) in [5, 5.41) is 0. The van der Waals surface area contributed by atoms with Crippen molar-refractivity contribution in [2.45, 2.75) is 13.0 Å². The maximum absolute atomic E-state index is 6.37. The van der Waals surface area contributed by atoms with Gasteiger partial charge < -0.3 is 15.4 Å². The van der Waals surface area contributed by atoms with Crippen molar-refractivity contribution in [3.63, 3.8) is 0 Å². The van der Waals surface area contributed by atoms with Gasteiger partial charge in [0.15, 0.2) is 0 Å². The third-order valence-electron chi connectivity index (χ3n) is 3.97. The van der Waals surface area contributed by atoms with Gasteiger partial charge in [-0.05, 0) is 29.7 Å². The molecule has 2 heterocycles. The van der Waals surface area contributed by atoms with E-state index in [1.165, 1.54) is 5.56 Å². The number of aromatic nitrogens is 1. The Kier molecular flexibility index (Phi) is 4.18. The van der Waals surface area contributed by atoms with Gasteiger partial charge in [0.1, 0.15) is 5.82 Å². The van der Waals surface area contributed by atoms with E-state index in [2.05, 4.69) is 35.0 Å². The zero-order valence-corrected chi connectivity index (χ0v) is 12.3. The number of hydrogen-bond donors (Lipinski definition) is 1. The van der Waals surface area contributed by atoms with E-state index in [0.29, 0.717) is 0 Å². The van der Waals surface area contributed by atoms with Crippen molar-refractivity contribution in [3.05, 3.63) is 59.3 Å². The summed E-state index contributed by atoms with van der Waals surface area (Å²) in [6, 6.07) is 12.1. The molecule has 0 saturated carbocycles. The summed E-state index contributed by atoms with van der Waals surface area (Å²) >= 11 is 0. The summed E-state index contributed by atoms with van der Waals surface area (Å²) in [4.78, 5) is 6.86. The van der Waals surface area contributed by atoms with Crippen LogP contribution >= 0.6 is 0 Å². The van der Waals surface area contributed by atoms with Crippen LogP contribution in [-0.2, 0) is 4.74 Å². The molecule has 4 nitrogen and oxygen atoms in total. The minimum atomic E-state index is -0.127. The first-order valence-electron chi connectivity index (χ1n) is 7.35. The van der Waals surface area contributed by atoms with Crippen LogP contribution in [0.4, 0.5) is 5.82 Å². The van der Waals surface area contributed by atoms with E-state index in [1.807, 2.05) is 24.4 Å². The van der Waals surface area contributed by atoms with E-state index in [1.54, 1.807) is 0 Å². The highest BCUT2D eigenvalue weighted by Gasteiger charge is 2.16. The number of aryl methyl sites for hydroxylation is 1. The van der Waals surface area contributed by atoms with E-state index in [0.717, 1.165) is 43.2 Å². The van der Waals surface area contributed by atoms with Crippen LogP contribution in [0.1, 0.15) is 22.7 Å². The van der Waals surface area contributed by atoms with E-state index >= 15 is 0 Å². The van der Waals surface area contributed by atoms with Crippen LogP contribution in [0.2, 0.25) is 0 Å². The third-order valence-corrected chi connectivity index (χ3v) is 3.97. The van der Waals surface area contributed by atoms with E-state index in [-0.39, 0.29) is 6.04 Å². The lowest BCUT2D eigenvalue weighted by atomic mass is 9.97. The van der Waals surface area contributed by atoms with Crippen LogP contribution in [0.3, 0.4) is 0 Å². The average molecular weight is 283 g/mol. The molecule has 3 rings (SSSR count). The van der Waals surface area contributed by atoms with Crippen LogP contribution in [0, 0.1) is 6.92 Å². The molecule has 2 aromatic rings. The van der Waals surface area contributed by atoms with Crippen molar-refractivity contribution in [2.24, 2.45) is 5.73 Å². The van der Waals surface area contributed by atoms with Gasteiger partial charge in [-0.3, -0.25) is 0 Å². The van der Waals surface area contributed by atoms with Crippen LogP contribution in [0.5, 0.6) is 0 Å². The van der Waals surface area contributed by atoms with Crippen LogP contribution in [0.15, 0.2) is 42.6 Å². The molecule has 1 fully saturated rings. The molecule has 0 amide bonds. The standard InChI is InChI=1S/C17H21N3O/c1-13-11-16(20-7-9-21-10-8-20)19-12-15(13)17(18)14-5-3-2-4-6-14/h2-6,11-12,17H,7-10,18H2,1H3. The number of ether oxygens (including phenoxy) is 1. The minimum absolute atomic E-state index is 0.127. The number of morpholine rings is 1. The van der Waals surface area contributed by atoms with Crippen molar-refractivity contribution in [1.82, 2.24) is 4.98 Å². The smallest absolute Gasteiger partial charge is 0.128 e. The number of anilines is 1. The predicted octanol–water partition coefficient (Wildman–Crippen LogP) is 2.27. The molecule has 0 spiro atoms. The molecule has 1 aromatic heterocycles. The summed E-state index contributed by atoms with van der Waals surface area (Å²) in [6.07, 6.45) is 1.91. The molecule has 1 aliphatic heterocycles.